The second-order valence-electron chi connectivity index (χ2n) is 4.63. The summed E-state index contributed by atoms with van der Waals surface area (Å²) < 4.78 is 0. The highest BCUT2D eigenvalue weighted by Crippen LogP contribution is 2.08. The summed E-state index contributed by atoms with van der Waals surface area (Å²) in [4.78, 5) is 21.6. The van der Waals surface area contributed by atoms with Gasteiger partial charge in [0.1, 0.15) is 5.78 Å². The summed E-state index contributed by atoms with van der Waals surface area (Å²) in [5.41, 5.74) is 0. The molecule has 0 fully saturated rings. The molecule has 0 aromatic heterocycles. The van der Waals surface area contributed by atoms with Crippen LogP contribution in [0.15, 0.2) is 0 Å². The van der Waals surface area contributed by atoms with Gasteiger partial charge < -0.3 is 10.1 Å². The molecule has 0 spiro atoms. The van der Waals surface area contributed by atoms with Crippen LogP contribution in [0.1, 0.15) is 71.6 Å². The predicted molar refractivity (Wildman–Crippen MR) is 70.9 cm³/mol. The number of carbonyl (C=O) groups excluding carboxylic acids is 2. The highest BCUT2D eigenvalue weighted by Gasteiger charge is 1.96. The smallest absolute Gasteiger partial charge is 0.219 e. The van der Waals surface area contributed by atoms with Gasteiger partial charge >= 0.3 is 0 Å². The first-order valence-electron chi connectivity index (χ1n) is 6.93. The van der Waals surface area contributed by atoms with Gasteiger partial charge in [0.25, 0.3) is 0 Å². The van der Waals surface area contributed by atoms with E-state index in [0.717, 1.165) is 25.8 Å². The molecule has 3 heteroatoms. The number of amides is 1. The third kappa shape index (κ3) is 13.1. The number of rotatable bonds is 11. The van der Waals surface area contributed by atoms with Crippen LogP contribution in [-0.4, -0.2) is 18.2 Å². The fourth-order valence-electron chi connectivity index (χ4n) is 1.74. The first-order valence-corrected chi connectivity index (χ1v) is 6.93. The lowest BCUT2D eigenvalue weighted by Crippen LogP contribution is -2.23. The van der Waals surface area contributed by atoms with Crippen molar-refractivity contribution in [1.82, 2.24) is 5.32 Å². The van der Waals surface area contributed by atoms with Crippen LogP contribution in [0.5, 0.6) is 0 Å². The van der Waals surface area contributed by atoms with E-state index in [9.17, 15) is 9.59 Å². The molecule has 1 N–H and O–H groups in total. The first-order chi connectivity index (χ1) is 8.16. The van der Waals surface area contributed by atoms with E-state index in [1.54, 1.807) is 6.92 Å². The second-order valence-corrected chi connectivity index (χ2v) is 4.63. The van der Waals surface area contributed by atoms with Gasteiger partial charge in [-0.2, -0.15) is 0 Å². The maximum Gasteiger partial charge on any atom is 0.219 e. The highest BCUT2D eigenvalue weighted by atomic mass is 16.1. The standard InChI is InChI=1S/C14H27NO2/c1-3-14(17)15-12-10-8-6-4-5-7-9-11-13(2)16/h3-12H2,1-2H3,(H,15,17). The molecule has 0 aliphatic carbocycles. The van der Waals surface area contributed by atoms with Crippen molar-refractivity contribution >= 4 is 11.7 Å². The van der Waals surface area contributed by atoms with Crippen molar-refractivity contribution < 1.29 is 9.59 Å². The minimum absolute atomic E-state index is 0.147. The largest absolute Gasteiger partial charge is 0.356 e. The molecule has 3 nitrogen and oxygen atoms in total. The summed E-state index contributed by atoms with van der Waals surface area (Å²) in [6.45, 7) is 4.35. The molecule has 0 rings (SSSR count). The van der Waals surface area contributed by atoms with Crippen LogP contribution in [0.2, 0.25) is 0 Å². The van der Waals surface area contributed by atoms with E-state index in [2.05, 4.69) is 5.32 Å². The Hall–Kier alpha value is -0.860. The molecule has 0 aliphatic heterocycles. The van der Waals surface area contributed by atoms with E-state index >= 15 is 0 Å². The maximum absolute atomic E-state index is 10.9. The second kappa shape index (κ2) is 11.6. The van der Waals surface area contributed by atoms with Crippen molar-refractivity contribution in [1.29, 1.82) is 0 Å². The van der Waals surface area contributed by atoms with Crippen molar-refractivity contribution in [3.8, 4) is 0 Å². The molecular formula is C14H27NO2. The molecule has 0 unspecified atom stereocenters. The molecule has 0 aromatic carbocycles. The Labute approximate surface area is 105 Å². The zero-order valence-electron chi connectivity index (χ0n) is 11.4. The Morgan fingerprint density at radius 2 is 1.41 bits per heavy atom. The molecule has 0 aromatic rings. The Morgan fingerprint density at radius 3 is 1.94 bits per heavy atom. The van der Waals surface area contributed by atoms with E-state index in [1.807, 2.05) is 6.92 Å². The number of hydrogen-bond acceptors (Lipinski definition) is 2. The molecule has 0 atom stereocenters. The van der Waals surface area contributed by atoms with Gasteiger partial charge in [-0.05, 0) is 19.8 Å². The van der Waals surface area contributed by atoms with E-state index in [-0.39, 0.29) is 5.91 Å². The number of ketones is 1. The summed E-state index contributed by atoms with van der Waals surface area (Å²) in [6.07, 6.45) is 9.53. The molecule has 0 radical (unpaired) electrons. The summed E-state index contributed by atoms with van der Waals surface area (Å²) in [5, 5.41) is 2.88. The Balaban J connectivity index is 3.03. The topological polar surface area (TPSA) is 46.2 Å². The van der Waals surface area contributed by atoms with Crippen LogP contribution in [-0.2, 0) is 9.59 Å². The predicted octanol–water partition coefficient (Wildman–Crippen LogP) is 3.22. The van der Waals surface area contributed by atoms with E-state index in [1.165, 1.54) is 32.1 Å². The average molecular weight is 241 g/mol. The van der Waals surface area contributed by atoms with Gasteiger partial charge in [0.15, 0.2) is 0 Å². The van der Waals surface area contributed by atoms with Crippen molar-refractivity contribution in [2.75, 3.05) is 6.54 Å². The van der Waals surface area contributed by atoms with Crippen LogP contribution >= 0.6 is 0 Å². The number of hydrogen-bond donors (Lipinski definition) is 1. The van der Waals surface area contributed by atoms with Crippen LogP contribution in [0, 0.1) is 0 Å². The van der Waals surface area contributed by atoms with Crippen LogP contribution in [0.25, 0.3) is 0 Å². The number of carbonyl (C=O) groups is 2. The molecule has 1 amide bonds. The molecule has 0 heterocycles. The highest BCUT2D eigenvalue weighted by molar-refractivity contribution is 5.75. The zero-order chi connectivity index (χ0) is 12.9. The fourth-order valence-corrected chi connectivity index (χ4v) is 1.74. The molecule has 0 saturated heterocycles. The van der Waals surface area contributed by atoms with Gasteiger partial charge in [-0.1, -0.05) is 39.0 Å². The van der Waals surface area contributed by atoms with E-state index < -0.39 is 0 Å². The van der Waals surface area contributed by atoms with Gasteiger partial charge in [0, 0.05) is 19.4 Å². The zero-order valence-corrected chi connectivity index (χ0v) is 11.4. The number of unbranched alkanes of at least 4 members (excludes halogenated alkanes) is 6. The van der Waals surface area contributed by atoms with Gasteiger partial charge in [-0.15, -0.1) is 0 Å². The maximum atomic E-state index is 10.9. The van der Waals surface area contributed by atoms with Crippen molar-refractivity contribution in [2.24, 2.45) is 0 Å². The quantitative estimate of drug-likeness (QED) is 0.564. The lowest BCUT2D eigenvalue weighted by atomic mass is 10.1. The number of Topliss-reactive ketones (excluding diaryl/α,β-unsaturated/α-hetero) is 1. The summed E-state index contributed by atoms with van der Waals surface area (Å²) >= 11 is 0. The minimum Gasteiger partial charge on any atom is -0.356 e. The first kappa shape index (κ1) is 16.1. The van der Waals surface area contributed by atoms with Gasteiger partial charge in [-0.25, -0.2) is 0 Å². The van der Waals surface area contributed by atoms with Gasteiger partial charge in [-0.3, -0.25) is 4.79 Å². The van der Waals surface area contributed by atoms with Gasteiger partial charge in [0.05, 0.1) is 0 Å². The summed E-state index contributed by atoms with van der Waals surface area (Å²) in [7, 11) is 0. The number of nitrogens with one attached hydrogen (secondary N) is 1. The summed E-state index contributed by atoms with van der Waals surface area (Å²) in [5.74, 6) is 0.450. The van der Waals surface area contributed by atoms with Crippen LogP contribution in [0.4, 0.5) is 0 Å². The molecule has 0 bridgehead atoms. The van der Waals surface area contributed by atoms with Crippen LogP contribution < -0.4 is 5.32 Å². The molecular weight excluding hydrogens is 214 g/mol. The average Bonchev–Trinajstić information content (AvgIpc) is 2.30. The van der Waals surface area contributed by atoms with E-state index in [4.69, 9.17) is 0 Å². The lowest BCUT2D eigenvalue weighted by Gasteiger charge is -2.03. The van der Waals surface area contributed by atoms with Gasteiger partial charge in [0.2, 0.25) is 5.91 Å². The molecule has 100 valence electrons. The minimum atomic E-state index is 0.147. The third-order valence-corrected chi connectivity index (χ3v) is 2.85. The van der Waals surface area contributed by atoms with Crippen molar-refractivity contribution in [3.05, 3.63) is 0 Å². The molecule has 0 aliphatic rings. The Kier molecular flexibility index (Phi) is 11.0. The SMILES string of the molecule is CCC(=O)NCCCCCCCCCC(C)=O. The lowest BCUT2D eigenvalue weighted by molar-refractivity contribution is -0.120. The molecule has 0 saturated carbocycles. The normalized spacial score (nSPS) is 10.2. The van der Waals surface area contributed by atoms with E-state index in [0.29, 0.717) is 12.2 Å². The Bertz CT molecular complexity index is 214. The third-order valence-electron chi connectivity index (χ3n) is 2.85. The van der Waals surface area contributed by atoms with Crippen molar-refractivity contribution in [3.63, 3.8) is 0 Å². The summed E-state index contributed by atoms with van der Waals surface area (Å²) in [6, 6.07) is 0. The monoisotopic (exact) mass is 241 g/mol. The molecule has 17 heavy (non-hydrogen) atoms. The van der Waals surface area contributed by atoms with Crippen LogP contribution in [0.3, 0.4) is 0 Å². The Morgan fingerprint density at radius 1 is 0.882 bits per heavy atom. The van der Waals surface area contributed by atoms with Crippen molar-refractivity contribution in [2.45, 2.75) is 71.6 Å². The fraction of sp³-hybridized carbons (Fsp3) is 0.857.